The predicted octanol–water partition coefficient (Wildman–Crippen LogP) is 3.96. The highest BCUT2D eigenvalue weighted by molar-refractivity contribution is 7.99. The van der Waals surface area contributed by atoms with Gasteiger partial charge in [0.2, 0.25) is 65.0 Å². The highest BCUT2D eigenvalue weighted by atomic mass is 32.2. The van der Waals surface area contributed by atoms with Gasteiger partial charge in [-0.15, -0.1) is 0 Å². The molecule has 2 unspecified atom stereocenters. The van der Waals surface area contributed by atoms with E-state index in [2.05, 4.69) is 21.3 Å². The van der Waals surface area contributed by atoms with E-state index >= 15 is 14.4 Å². The number of ketones is 1. The molecule has 0 bridgehead atoms. The zero-order valence-electron chi connectivity index (χ0n) is 59.5. The van der Waals surface area contributed by atoms with E-state index < -0.39 is 156 Å². The summed E-state index contributed by atoms with van der Waals surface area (Å²) in [5, 5.41) is 23.3. The summed E-state index contributed by atoms with van der Waals surface area (Å²) in [4.78, 5) is 181. The summed E-state index contributed by atoms with van der Waals surface area (Å²) in [6.07, 6.45) is 3.41. The van der Waals surface area contributed by atoms with Crippen LogP contribution >= 0.6 is 11.8 Å². The van der Waals surface area contributed by atoms with Crippen LogP contribution in [0.2, 0.25) is 0 Å². The van der Waals surface area contributed by atoms with Gasteiger partial charge in [-0.25, -0.2) is 0 Å². The fourth-order valence-electron chi connectivity index (χ4n) is 11.1. The number of aliphatic hydroxyl groups is 1. The van der Waals surface area contributed by atoms with Crippen LogP contribution in [0.5, 0.6) is 0 Å². The third kappa shape index (κ3) is 25.0. The van der Waals surface area contributed by atoms with E-state index in [-0.39, 0.29) is 68.0 Å². The number of allylic oxidation sites excluding steroid dienone is 1. The van der Waals surface area contributed by atoms with Crippen molar-refractivity contribution in [2.24, 2.45) is 41.4 Å². The third-order valence-corrected chi connectivity index (χ3v) is 17.7. The molecule has 0 spiro atoms. The molecule has 1 aliphatic heterocycles. The molecule has 1 rings (SSSR count). The van der Waals surface area contributed by atoms with E-state index in [1.54, 1.807) is 53.3 Å². The Morgan fingerprint density at radius 1 is 0.505 bits per heavy atom. The summed E-state index contributed by atoms with van der Waals surface area (Å²) in [6.45, 7) is 29.0. The number of likely N-dealkylation sites (N-methyl/N-ethyl adjacent to an activating group) is 7. The second-order valence-corrected chi connectivity index (χ2v) is 28.7. The summed E-state index contributed by atoms with van der Waals surface area (Å²) in [6, 6.07) is -12.5. The SMILES string of the molecule is CC[C@@H]1NC(=O)C([C@H](O)[C@H](C)C/C=C/CSCCC(C)=O)N(C)C(=O)C(C(C)C)N(C)C(=O)[C@H](CC(C)C)N(C)C(=O)[C@H](CC(C)C)N(C)C(=O)[C@H](C)NC(=O)[C@H](C)NC(=O)[C@H](CC(C)C)N(C)C(=O)[C@H](C(C)C)NC(=O)[C@H](CC(C)C)N(C)C(=O)CN(C)C1=O. The minimum Gasteiger partial charge on any atom is -0.390 e. The van der Waals surface area contributed by atoms with Crippen molar-refractivity contribution < 1.29 is 62.6 Å². The molecule has 12 atom stereocenters. The van der Waals surface area contributed by atoms with Crippen molar-refractivity contribution in [3.63, 3.8) is 0 Å². The Hall–Kier alpha value is -6.11. The summed E-state index contributed by atoms with van der Waals surface area (Å²) in [7, 11) is 9.88. The molecule has 11 amide bonds. The lowest BCUT2D eigenvalue weighted by molar-refractivity contribution is -0.157. The van der Waals surface area contributed by atoms with Gasteiger partial charge in [-0.05, 0) is 101 Å². The normalized spacial score (nSPS) is 25.9. The van der Waals surface area contributed by atoms with E-state index in [0.717, 1.165) is 9.80 Å². The molecule has 5 N–H and O–H groups in total. The highest BCUT2D eigenvalue weighted by Crippen LogP contribution is 2.26. The van der Waals surface area contributed by atoms with Crippen LogP contribution in [0.15, 0.2) is 12.2 Å². The monoisotopic (exact) mass is 1300 g/mol. The maximum absolute atomic E-state index is 15.3. The zero-order chi connectivity index (χ0) is 70.4. The Morgan fingerprint density at radius 3 is 1.42 bits per heavy atom. The van der Waals surface area contributed by atoms with Crippen LogP contribution in [0, 0.1) is 41.4 Å². The number of carbonyl (C=O) groups is 12. The molecule has 1 heterocycles. The number of amides is 11. The van der Waals surface area contributed by atoms with Crippen LogP contribution in [0.4, 0.5) is 0 Å². The molecule has 0 aromatic heterocycles. The fraction of sp³-hybridized carbons (Fsp3) is 0.788. The zero-order valence-corrected chi connectivity index (χ0v) is 60.3. The van der Waals surface area contributed by atoms with Crippen molar-refractivity contribution in [2.75, 3.05) is 67.4 Å². The second-order valence-electron chi connectivity index (χ2n) is 27.5. The quantitative estimate of drug-likeness (QED) is 0.0852. The van der Waals surface area contributed by atoms with Crippen molar-refractivity contribution in [3.8, 4) is 0 Å². The first-order valence-corrected chi connectivity index (χ1v) is 33.7. The molecule has 91 heavy (non-hydrogen) atoms. The van der Waals surface area contributed by atoms with Crippen LogP contribution in [0.3, 0.4) is 0 Å². The molecule has 0 aliphatic carbocycles. The molecule has 24 nitrogen and oxygen atoms in total. The van der Waals surface area contributed by atoms with E-state index in [1.165, 1.54) is 94.6 Å². The van der Waals surface area contributed by atoms with Gasteiger partial charge in [-0.3, -0.25) is 57.5 Å². The molecule has 0 aromatic rings. The Morgan fingerprint density at radius 2 is 0.945 bits per heavy atom. The van der Waals surface area contributed by atoms with Gasteiger partial charge in [0.15, 0.2) is 0 Å². The second kappa shape index (κ2) is 38.8. The van der Waals surface area contributed by atoms with Crippen molar-refractivity contribution >= 4 is 82.5 Å². The minimum absolute atomic E-state index is 0.000510. The number of rotatable bonds is 20. The van der Waals surface area contributed by atoms with Gasteiger partial charge in [-0.1, -0.05) is 109 Å². The lowest BCUT2D eigenvalue weighted by Gasteiger charge is -2.41. The molecular weight excluding hydrogens is 1190 g/mol. The molecule has 1 aliphatic rings. The van der Waals surface area contributed by atoms with Gasteiger partial charge < -0.3 is 60.7 Å². The van der Waals surface area contributed by atoms with Gasteiger partial charge >= 0.3 is 0 Å². The minimum atomic E-state index is -1.66. The van der Waals surface area contributed by atoms with Crippen LogP contribution < -0.4 is 21.3 Å². The maximum atomic E-state index is 15.3. The van der Waals surface area contributed by atoms with Gasteiger partial charge in [0.25, 0.3) is 0 Å². The number of nitrogens with zero attached hydrogens (tertiary/aromatic N) is 7. The smallest absolute Gasteiger partial charge is 0.246 e. The number of nitrogens with one attached hydrogen (secondary N) is 4. The molecular formula is C66H117N11O13S. The van der Waals surface area contributed by atoms with E-state index in [4.69, 9.17) is 0 Å². The van der Waals surface area contributed by atoms with Crippen molar-refractivity contribution in [1.82, 2.24) is 55.6 Å². The van der Waals surface area contributed by atoms with Crippen LogP contribution in [0.25, 0.3) is 0 Å². The van der Waals surface area contributed by atoms with Gasteiger partial charge in [0, 0.05) is 67.3 Å². The van der Waals surface area contributed by atoms with Crippen molar-refractivity contribution in [1.29, 1.82) is 0 Å². The molecule has 0 aromatic carbocycles. The number of carbonyl (C=O) groups excluding carboxylic acids is 12. The Labute approximate surface area is 548 Å². The van der Waals surface area contributed by atoms with Gasteiger partial charge in [0.1, 0.15) is 66.2 Å². The summed E-state index contributed by atoms with van der Waals surface area (Å²) in [5.41, 5.74) is 0. The fourth-order valence-corrected chi connectivity index (χ4v) is 11.9. The first-order valence-electron chi connectivity index (χ1n) is 32.5. The molecule has 0 saturated carbocycles. The first-order chi connectivity index (χ1) is 42.1. The third-order valence-electron chi connectivity index (χ3n) is 16.8. The standard InChI is InChI=1S/C66H117N11O13S/c1-25-47-62(86)71(18)36-52(79)72(19)48(32-37(2)3)59(83)70-53(41(10)11)65(89)73(20)49(33-38(4)5)58(82)67-45(16)57(81)68-46(17)61(85)74(21)50(34-39(6)7)63(87)75(22)51(35-40(8)9)64(88)76(23)54(42(12)13)66(90)77(24)55(60(84)69-47)56(80)43(14)28-26-27-30-91-31-29-44(15)78/h26-27,37-43,45-51,53-56,80H,25,28-36H2,1-24H3,(H,67,82)(H,68,81)(H,69,84)(H,70,83)/b27-26+/t43-,45+,46+,47+,48+,49+,50+,51+,53+,54?,55?,56-/m1/s1. The van der Waals surface area contributed by atoms with Gasteiger partial charge in [-0.2, -0.15) is 11.8 Å². The number of aliphatic hydroxyl groups excluding tert-OH is 1. The highest BCUT2D eigenvalue weighted by Gasteiger charge is 2.46. The molecule has 0 radical (unpaired) electrons. The van der Waals surface area contributed by atoms with E-state index in [1.807, 2.05) is 67.5 Å². The lowest BCUT2D eigenvalue weighted by Crippen LogP contribution is -2.63. The average molecular weight is 1300 g/mol. The number of thioether (sulfide) groups is 1. The first kappa shape index (κ1) is 82.9. The number of hydrogen-bond donors (Lipinski definition) is 5. The molecule has 520 valence electrons. The molecule has 25 heteroatoms. The van der Waals surface area contributed by atoms with Gasteiger partial charge in [0.05, 0.1) is 12.6 Å². The summed E-state index contributed by atoms with van der Waals surface area (Å²) >= 11 is 1.55. The lowest BCUT2D eigenvalue weighted by atomic mass is 9.91. The van der Waals surface area contributed by atoms with E-state index in [0.29, 0.717) is 17.9 Å². The number of hydrogen-bond acceptors (Lipinski definition) is 14. The van der Waals surface area contributed by atoms with E-state index in [9.17, 15) is 48.3 Å². The Kier molecular flexibility index (Phi) is 35.3. The Bertz CT molecular complexity index is 2510. The van der Waals surface area contributed by atoms with Crippen LogP contribution in [-0.4, -0.2) is 244 Å². The maximum Gasteiger partial charge on any atom is 0.246 e. The van der Waals surface area contributed by atoms with Crippen LogP contribution in [0.1, 0.15) is 163 Å². The Balaban J connectivity index is 4.34. The van der Waals surface area contributed by atoms with Crippen molar-refractivity contribution in [3.05, 3.63) is 12.2 Å². The van der Waals surface area contributed by atoms with Crippen molar-refractivity contribution in [2.45, 2.75) is 229 Å². The summed E-state index contributed by atoms with van der Waals surface area (Å²) in [5.74, 6) is -8.73. The molecule has 1 fully saturated rings. The van der Waals surface area contributed by atoms with Crippen LogP contribution in [-0.2, 0) is 57.5 Å². The average Bonchev–Trinajstić information content (AvgIpc) is 0.858. The molecule has 1 saturated heterocycles. The summed E-state index contributed by atoms with van der Waals surface area (Å²) < 4.78 is 0. The number of Topliss-reactive ketones (excluding diaryl/α,β-unsaturated/α-hetero) is 1. The largest absolute Gasteiger partial charge is 0.390 e. The topological polar surface area (TPSA) is 296 Å². The predicted molar refractivity (Wildman–Crippen MR) is 355 cm³/mol.